The molecule has 1 aliphatic heterocycles. The molecule has 1 aliphatic rings. The van der Waals surface area contributed by atoms with Crippen LogP contribution in [0.5, 0.6) is 0 Å². The van der Waals surface area contributed by atoms with E-state index in [9.17, 15) is 0 Å². The minimum absolute atomic E-state index is 0.347. The Balaban J connectivity index is 1.90. The number of rotatable bonds is 1. The van der Waals surface area contributed by atoms with Crippen LogP contribution in [0.3, 0.4) is 0 Å². The third kappa shape index (κ3) is 2.08. The Morgan fingerprint density at radius 2 is 1.82 bits per heavy atom. The van der Waals surface area contributed by atoms with Crippen molar-refractivity contribution in [3.05, 3.63) is 30.5 Å². The molecule has 0 unspecified atom stereocenters. The highest BCUT2D eigenvalue weighted by molar-refractivity contribution is 5.75. The minimum Gasteiger partial charge on any atom is -0.355 e. The van der Waals surface area contributed by atoms with Crippen LogP contribution in [-0.4, -0.2) is 29.1 Å². The quantitative estimate of drug-likeness (QED) is 0.804. The number of fused-ring (bicyclic) bond motifs is 1. The fourth-order valence-electron chi connectivity index (χ4n) is 2.23. The average Bonchev–Trinajstić information content (AvgIpc) is 2.39. The zero-order valence-corrected chi connectivity index (χ0v) is 9.71. The first-order valence-electron chi connectivity index (χ1n) is 6.05. The normalized spacial score (nSPS) is 17.6. The Bertz CT molecular complexity index is 518. The largest absolute Gasteiger partial charge is 0.355 e. The van der Waals surface area contributed by atoms with Crippen LogP contribution in [0, 0.1) is 0 Å². The van der Waals surface area contributed by atoms with Gasteiger partial charge in [-0.25, -0.2) is 4.98 Å². The molecule has 0 aliphatic carbocycles. The summed E-state index contributed by atoms with van der Waals surface area (Å²) in [5, 5.41) is 0. The Morgan fingerprint density at radius 3 is 2.59 bits per heavy atom. The van der Waals surface area contributed by atoms with E-state index in [4.69, 9.17) is 5.73 Å². The van der Waals surface area contributed by atoms with Crippen molar-refractivity contribution in [3.8, 4) is 0 Å². The molecule has 1 fully saturated rings. The Morgan fingerprint density at radius 1 is 1.12 bits per heavy atom. The maximum absolute atomic E-state index is 5.90. The van der Waals surface area contributed by atoms with Gasteiger partial charge in [-0.2, -0.15) is 0 Å². The van der Waals surface area contributed by atoms with Crippen molar-refractivity contribution < 1.29 is 0 Å². The summed E-state index contributed by atoms with van der Waals surface area (Å²) in [6.45, 7) is 1.96. The Labute approximate surface area is 100 Å². The number of hydrogen-bond acceptors (Lipinski definition) is 4. The maximum atomic E-state index is 5.90. The molecule has 1 saturated heterocycles. The van der Waals surface area contributed by atoms with E-state index in [0.29, 0.717) is 6.04 Å². The van der Waals surface area contributed by atoms with Crippen LogP contribution in [-0.2, 0) is 0 Å². The molecule has 0 radical (unpaired) electrons. The van der Waals surface area contributed by atoms with Crippen LogP contribution in [0.25, 0.3) is 11.0 Å². The fourth-order valence-corrected chi connectivity index (χ4v) is 2.23. The van der Waals surface area contributed by atoms with E-state index >= 15 is 0 Å². The van der Waals surface area contributed by atoms with Gasteiger partial charge in [0.2, 0.25) is 0 Å². The van der Waals surface area contributed by atoms with Gasteiger partial charge in [-0.1, -0.05) is 12.1 Å². The van der Waals surface area contributed by atoms with Gasteiger partial charge in [0.25, 0.3) is 0 Å². The molecule has 0 atom stereocenters. The summed E-state index contributed by atoms with van der Waals surface area (Å²) in [5.41, 5.74) is 7.81. The van der Waals surface area contributed by atoms with E-state index in [-0.39, 0.29) is 0 Å². The second kappa shape index (κ2) is 4.30. The van der Waals surface area contributed by atoms with Crippen LogP contribution >= 0.6 is 0 Å². The molecule has 1 aromatic heterocycles. The van der Waals surface area contributed by atoms with Crippen LogP contribution in [0.1, 0.15) is 12.8 Å². The second-order valence-electron chi connectivity index (χ2n) is 4.54. The number of nitrogens with zero attached hydrogens (tertiary/aromatic N) is 3. The zero-order chi connectivity index (χ0) is 11.7. The molecule has 3 rings (SSSR count). The van der Waals surface area contributed by atoms with Crippen molar-refractivity contribution in [2.45, 2.75) is 18.9 Å². The number of para-hydroxylation sites is 2. The summed E-state index contributed by atoms with van der Waals surface area (Å²) in [4.78, 5) is 11.4. The third-order valence-electron chi connectivity index (χ3n) is 3.30. The van der Waals surface area contributed by atoms with Gasteiger partial charge in [-0.15, -0.1) is 0 Å². The summed E-state index contributed by atoms with van der Waals surface area (Å²) in [5.74, 6) is 0.968. The van der Waals surface area contributed by atoms with Gasteiger partial charge in [-0.3, -0.25) is 4.98 Å². The highest BCUT2D eigenvalue weighted by Gasteiger charge is 2.17. The predicted molar refractivity (Wildman–Crippen MR) is 69.0 cm³/mol. The maximum Gasteiger partial charge on any atom is 0.147 e. The molecule has 4 nitrogen and oxygen atoms in total. The molecule has 0 saturated carbocycles. The average molecular weight is 228 g/mol. The van der Waals surface area contributed by atoms with Gasteiger partial charge in [0.1, 0.15) is 5.82 Å². The number of aromatic nitrogens is 2. The first-order chi connectivity index (χ1) is 8.33. The number of anilines is 1. The van der Waals surface area contributed by atoms with Crippen molar-refractivity contribution in [1.29, 1.82) is 0 Å². The molecule has 1 aromatic carbocycles. The summed E-state index contributed by atoms with van der Waals surface area (Å²) in [6.07, 6.45) is 3.93. The predicted octanol–water partition coefficient (Wildman–Crippen LogP) is 1.56. The number of nitrogens with two attached hydrogens (primary N) is 1. The molecule has 4 heteroatoms. The van der Waals surface area contributed by atoms with E-state index in [1.165, 1.54) is 0 Å². The lowest BCUT2D eigenvalue weighted by Crippen LogP contribution is -2.40. The number of piperidine rings is 1. The first-order valence-corrected chi connectivity index (χ1v) is 6.05. The Kier molecular flexibility index (Phi) is 2.65. The highest BCUT2D eigenvalue weighted by atomic mass is 15.2. The van der Waals surface area contributed by atoms with Gasteiger partial charge in [-0.05, 0) is 25.0 Å². The summed E-state index contributed by atoms with van der Waals surface area (Å²) < 4.78 is 0. The van der Waals surface area contributed by atoms with Gasteiger partial charge in [0.15, 0.2) is 0 Å². The van der Waals surface area contributed by atoms with Gasteiger partial charge in [0.05, 0.1) is 17.2 Å². The van der Waals surface area contributed by atoms with Crippen molar-refractivity contribution in [3.63, 3.8) is 0 Å². The van der Waals surface area contributed by atoms with Crippen LogP contribution < -0.4 is 10.6 Å². The highest BCUT2D eigenvalue weighted by Crippen LogP contribution is 2.18. The number of hydrogen-bond donors (Lipinski definition) is 1. The molecule has 0 bridgehead atoms. The van der Waals surface area contributed by atoms with Crippen molar-refractivity contribution in [2.75, 3.05) is 18.0 Å². The van der Waals surface area contributed by atoms with Gasteiger partial charge < -0.3 is 10.6 Å². The smallest absolute Gasteiger partial charge is 0.147 e. The standard InChI is InChI=1S/C13H16N4/c14-10-5-7-17(8-6-10)13-9-15-11-3-1-2-4-12(11)16-13/h1-4,9-10H,5-8,14H2. The molecule has 0 amide bonds. The molecule has 2 aromatic rings. The van der Waals surface area contributed by atoms with Crippen LogP contribution in [0.4, 0.5) is 5.82 Å². The Hall–Kier alpha value is -1.68. The van der Waals surface area contributed by atoms with E-state index < -0.39 is 0 Å². The molecular weight excluding hydrogens is 212 g/mol. The molecule has 2 heterocycles. The van der Waals surface area contributed by atoms with E-state index in [1.54, 1.807) is 0 Å². The summed E-state index contributed by atoms with van der Waals surface area (Å²) in [7, 11) is 0. The lowest BCUT2D eigenvalue weighted by Gasteiger charge is -2.30. The lowest BCUT2D eigenvalue weighted by molar-refractivity contribution is 0.498. The summed E-state index contributed by atoms with van der Waals surface area (Å²) >= 11 is 0. The van der Waals surface area contributed by atoms with E-state index in [1.807, 2.05) is 30.5 Å². The lowest BCUT2D eigenvalue weighted by atomic mass is 10.1. The molecular formula is C13H16N4. The van der Waals surface area contributed by atoms with Gasteiger partial charge >= 0.3 is 0 Å². The van der Waals surface area contributed by atoms with Crippen molar-refractivity contribution in [2.24, 2.45) is 5.73 Å². The third-order valence-corrected chi connectivity index (χ3v) is 3.30. The number of benzene rings is 1. The fraction of sp³-hybridized carbons (Fsp3) is 0.385. The van der Waals surface area contributed by atoms with Crippen LogP contribution in [0.2, 0.25) is 0 Å². The van der Waals surface area contributed by atoms with Crippen molar-refractivity contribution in [1.82, 2.24) is 9.97 Å². The summed E-state index contributed by atoms with van der Waals surface area (Å²) in [6, 6.07) is 8.31. The minimum atomic E-state index is 0.347. The molecule has 2 N–H and O–H groups in total. The topological polar surface area (TPSA) is 55.0 Å². The zero-order valence-electron chi connectivity index (χ0n) is 9.71. The molecule has 0 spiro atoms. The van der Waals surface area contributed by atoms with Crippen LogP contribution in [0.15, 0.2) is 30.5 Å². The monoisotopic (exact) mass is 228 g/mol. The second-order valence-corrected chi connectivity index (χ2v) is 4.54. The van der Waals surface area contributed by atoms with Crippen molar-refractivity contribution >= 4 is 16.9 Å². The molecule has 88 valence electrons. The first kappa shape index (κ1) is 10.5. The van der Waals surface area contributed by atoms with E-state index in [2.05, 4.69) is 14.9 Å². The molecule has 17 heavy (non-hydrogen) atoms. The van der Waals surface area contributed by atoms with Gasteiger partial charge in [0, 0.05) is 19.1 Å². The van der Waals surface area contributed by atoms with E-state index in [0.717, 1.165) is 42.8 Å². The SMILES string of the molecule is NC1CCN(c2cnc3ccccc3n2)CC1.